The van der Waals surface area contributed by atoms with Gasteiger partial charge in [0.15, 0.2) is 0 Å². The second-order valence-electron chi connectivity index (χ2n) is 6.57. The average Bonchev–Trinajstić information content (AvgIpc) is 2.46. The fourth-order valence-electron chi connectivity index (χ4n) is 3.78. The highest BCUT2D eigenvalue weighted by Crippen LogP contribution is 2.33. The number of nitrogens with zero attached hydrogens (tertiary/aromatic N) is 2. The van der Waals surface area contributed by atoms with Crippen LogP contribution in [0.1, 0.15) is 44.8 Å². The molecule has 4 nitrogen and oxygen atoms in total. The summed E-state index contributed by atoms with van der Waals surface area (Å²) in [6, 6.07) is 6.77. The van der Waals surface area contributed by atoms with Gasteiger partial charge in [-0.3, -0.25) is 4.90 Å². The normalized spacial score (nSPS) is 28.2. The molecule has 2 saturated heterocycles. The van der Waals surface area contributed by atoms with Crippen LogP contribution >= 0.6 is 0 Å². The molecule has 4 heteroatoms. The third-order valence-electron chi connectivity index (χ3n) is 4.98. The quantitative estimate of drug-likeness (QED) is 0.878. The van der Waals surface area contributed by atoms with E-state index in [1.54, 1.807) is 13.0 Å². The molecule has 116 valence electrons. The zero-order chi connectivity index (χ0) is 15.0. The topological polar surface area (TPSA) is 46.9 Å². The van der Waals surface area contributed by atoms with Crippen molar-refractivity contribution in [3.8, 4) is 5.75 Å². The third kappa shape index (κ3) is 2.87. The van der Waals surface area contributed by atoms with Gasteiger partial charge in [0.2, 0.25) is 0 Å². The summed E-state index contributed by atoms with van der Waals surface area (Å²) in [6.45, 7) is 7.30. The lowest BCUT2D eigenvalue weighted by atomic mass is 9.96. The number of piperidine rings is 1. The van der Waals surface area contributed by atoms with E-state index >= 15 is 0 Å². The maximum absolute atomic E-state index is 10.1. The fourth-order valence-corrected chi connectivity index (χ4v) is 3.78. The van der Waals surface area contributed by atoms with E-state index in [1.807, 2.05) is 12.1 Å². The number of aliphatic hydroxyl groups excluding tert-OH is 1. The number of aliphatic hydroxyl groups is 1. The minimum Gasteiger partial charge on any atom is -0.507 e. The van der Waals surface area contributed by atoms with Gasteiger partial charge in [0.1, 0.15) is 5.75 Å². The number of phenolic OH excluding ortho intramolecular Hbond substituents is 1. The van der Waals surface area contributed by atoms with Gasteiger partial charge in [0, 0.05) is 42.5 Å². The molecule has 2 heterocycles. The Bertz CT molecular complexity index is 504. The molecule has 0 aromatic heterocycles. The number of piperazine rings is 1. The molecule has 0 aliphatic carbocycles. The summed E-state index contributed by atoms with van der Waals surface area (Å²) in [5.41, 5.74) is 1.66. The molecule has 2 aliphatic rings. The Hall–Kier alpha value is -1.26. The van der Waals surface area contributed by atoms with E-state index < -0.39 is 6.10 Å². The van der Waals surface area contributed by atoms with Gasteiger partial charge in [0.25, 0.3) is 0 Å². The van der Waals surface area contributed by atoms with Crippen LogP contribution in [0.15, 0.2) is 18.2 Å². The monoisotopic (exact) mass is 290 g/mol. The van der Waals surface area contributed by atoms with Crippen LogP contribution in [0.4, 0.5) is 5.69 Å². The van der Waals surface area contributed by atoms with Crippen molar-refractivity contribution < 1.29 is 10.2 Å². The molecule has 3 atom stereocenters. The van der Waals surface area contributed by atoms with E-state index in [0.717, 1.165) is 18.8 Å². The number of hydrogen-bond acceptors (Lipinski definition) is 4. The van der Waals surface area contributed by atoms with Crippen LogP contribution in [0.2, 0.25) is 0 Å². The SMILES string of the molecule is CC(O)c1ccc(N2CC3CCCCN3CC2C)cc1O. The van der Waals surface area contributed by atoms with Gasteiger partial charge in [-0.15, -0.1) is 0 Å². The standard InChI is InChI=1S/C17H26N2O2/c1-12-10-18-8-4-3-5-15(18)11-19(12)14-6-7-16(13(2)20)17(21)9-14/h6-7,9,12-13,15,20-21H,3-5,8,10-11H2,1-2H3. The molecule has 1 aromatic rings. The molecule has 2 aliphatic heterocycles. The first-order valence-corrected chi connectivity index (χ1v) is 8.08. The van der Waals surface area contributed by atoms with Crippen molar-refractivity contribution in [2.75, 3.05) is 24.5 Å². The Morgan fingerprint density at radius 3 is 2.76 bits per heavy atom. The van der Waals surface area contributed by atoms with Gasteiger partial charge < -0.3 is 15.1 Å². The molecular formula is C17H26N2O2. The summed E-state index contributed by atoms with van der Waals surface area (Å²) in [6.07, 6.45) is 3.30. The molecular weight excluding hydrogens is 264 g/mol. The smallest absolute Gasteiger partial charge is 0.123 e. The maximum Gasteiger partial charge on any atom is 0.123 e. The number of hydrogen-bond donors (Lipinski definition) is 2. The van der Waals surface area contributed by atoms with Gasteiger partial charge in [-0.2, -0.15) is 0 Å². The highest BCUT2D eigenvalue weighted by Gasteiger charge is 2.33. The Balaban J connectivity index is 1.81. The third-order valence-corrected chi connectivity index (χ3v) is 4.98. The van der Waals surface area contributed by atoms with E-state index in [9.17, 15) is 10.2 Å². The van der Waals surface area contributed by atoms with E-state index in [0.29, 0.717) is 17.6 Å². The van der Waals surface area contributed by atoms with E-state index in [-0.39, 0.29) is 5.75 Å². The maximum atomic E-state index is 10.1. The average molecular weight is 290 g/mol. The summed E-state index contributed by atoms with van der Waals surface area (Å²) in [7, 11) is 0. The first-order valence-electron chi connectivity index (χ1n) is 8.08. The number of fused-ring (bicyclic) bond motifs is 1. The second kappa shape index (κ2) is 5.85. The lowest BCUT2D eigenvalue weighted by Gasteiger charge is -2.48. The highest BCUT2D eigenvalue weighted by atomic mass is 16.3. The Kier molecular flexibility index (Phi) is 4.09. The first-order chi connectivity index (χ1) is 10.1. The molecule has 0 amide bonds. The molecule has 2 N–H and O–H groups in total. The number of anilines is 1. The van der Waals surface area contributed by atoms with Gasteiger partial charge in [-0.05, 0) is 39.3 Å². The predicted octanol–water partition coefficient (Wildman–Crippen LogP) is 2.51. The van der Waals surface area contributed by atoms with Crippen molar-refractivity contribution in [3.63, 3.8) is 0 Å². The molecule has 0 bridgehead atoms. The number of aromatic hydroxyl groups is 1. The molecule has 2 fully saturated rings. The summed E-state index contributed by atoms with van der Waals surface area (Å²) >= 11 is 0. The van der Waals surface area contributed by atoms with Gasteiger partial charge in [-0.1, -0.05) is 12.5 Å². The molecule has 0 saturated carbocycles. The molecule has 3 rings (SSSR count). The highest BCUT2D eigenvalue weighted by molar-refractivity contribution is 5.55. The van der Waals surface area contributed by atoms with Crippen molar-refractivity contribution in [3.05, 3.63) is 23.8 Å². The summed E-state index contributed by atoms with van der Waals surface area (Å²) in [4.78, 5) is 5.02. The number of benzene rings is 1. The molecule has 21 heavy (non-hydrogen) atoms. The Morgan fingerprint density at radius 1 is 1.24 bits per heavy atom. The van der Waals surface area contributed by atoms with Crippen LogP contribution in [0.25, 0.3) is 0 Å². The first kappa shape index (κ1) is 14.7. The van der Waals surface area contributed by atoms with E-state index in [1.165, 1.54) is 25.8 Å². The number of rotatable bonds is 2. The lowest BCUT2D eigenvalue weighted by Crippen LogP contribution is -2.58. The minimum absolute atomic E-state index is 0.195. The fraction of sp³-hybridized carbons (Fsp3) is 0.647. The summed E-state index contributed by atoms with van der Waals surface area (Å²) < 4.78 is 0. The zero-order valence-electron chi connectivity index (χ0n) is 13.0. The zero-order valence-corrected chi connectivity index (χ0v) is 13.0. The van der Waals surface area contributed by atoms with Crippen LogP contribution in [0.3, 0.4) is 0 Å². The summed E-state index contributed by atoms with van der Waals surface area (Å²) in [5.74, 6) is 0.195. The van der Waals surface area contributed by atoms with Gasteiger partial charge >= 0.3 is 0 Å². The van der Waals surface area contributed by atoms with Crippen molar-refractivity contribution in [1.82, 2.24) is 4.90 Å². The number of phenols is 1. The van der Waals surface area contributed by atoms with Crippen LogP contribution in [0.5, 0.6) is 5.75 Å². The van der Waals surface area contributed by atoms with Crippen molar-refractivity contribution >= 4 is 5.69 Å². The molecule has 3 unspecified atom stereocenters. The van der Waals surface area contributed by atoms with Crippen LogP contribution in [-0.2, 0) is 0 Å². The van der Waals surface area contributed by atoms with Crippen LogP contribution in [-0.4, -0.2) is 46.8 Å². The van der Waals surface area contributed by atoms with Crippen molar-refractivity contribution in [2.24, 2.45) is 0 Å². The van der Waals surface area contributed by atoms with Crippen molar-refractivity contribution in [2.45, 2.75) is 51.3 Å². The van der Waals surface area contributed by atoms with E-state index in [2.05, 4.69) is 16.7 Å². The molecule has 0 spiro atoms. The van der Waals surface area contributed by atoms with Crippen molar-refractivity contribution in [1.29, 1.82) is 0 Å². The van der Waals surface area contributed by atoms with Gasteiger partial charge in [-0.25, -0.2) is 0 Å². The minimum atomic E-state index is -0.633. The molecule has 1 aromatic carbocycles. The van der Waals surface area contributed by atoms with Crippen LogP contribution in [0, 0.1) is 0 Å². The second-order valence-corrected chi connectivity index (χ2v) is 6.57. The van der Waals surface area contributed by atoms with Gasteiger partial charge in [0.05, 0.1) is 6.10 Å². The largest absolute Gasteiger partial charge is 0.507 e. The molecule has 0 radical (unpaired) electrons. The van der Waals surface area contributed by atoms with E-state index in [4.69, 9.17) is 0 Å². The predicted molar refractivity (Wildman–Crippen MR) is 84.8 cm³/mol. The lowest BCUT2D eigenvalue weighted by molar-refractivity contribution is 0.115. The Morgan fingerprint density at radius 2 is 2.05 bits per heavy atom. The van der Waals surface area contributed by atoms with Crippen LogP contribution < -0.4 is 4.90 Å². The Labute approximate surface area is 127 Å². The summed E-state index contributed by atoms with van der Waals surface area (Å²) in [5, 5.41) is 19.7.